The van der Waals surface area contributed by atoms with E-state index >= 15 is 0 Å². The van der Waals surface area contributed by atoms with Gasteiger partial charge in [-0.3, -0.25) is 0 Å². The van der Waals surface area contributed by atoms with Crippen LogP contribution in [0.3, 0.4) is 0 Å². The van der Waals surface area contributed by atoms with Gasteiger partial charge >= 0.3 is 0 Å². The number of aromatic hydroxyl groups is 1. The highest BCUT2D eigenvalue weighted by Crippen LogP contribution is 2.33. The number of nitrogens with one attached hydrogen (secondary N) is 1. The van der Waals surface area contributed by atoms with Crippen molar-refractivity contribution in [1.82, 2.24) is 5.32 Å². The Morgan fingerprint density at radius 3 is 2.56 bits per heavy atom. The highest BCUT2D eigenvalue weighted by Gasteiger charge is 2.23. The second-order valence-corrected chi connectivity index (χ2v) is 5.30. The van der Waals surface area contributed by atoms with Crippen LogP contribution in [0.4, 0.5) is 0 Å². The first-order chi connectivity index (χ1) is 8.27. The Balaban J connectivity index is 2.89. The van der Waals surface area contributed by atoms with E-state index in [1.807, 2.05) is 13.8 Å². The summed E-state index contributed by atoms with van der Waals surface area (Å²) in [7, 11) is 1.47. The van der Waals surface area contributed by atoms with Gasteiger partial charge in [-0.1, -0.05) is 11.6 Å². The van der Waals surface area contributed by atoms with E-state index in [0.717, 1.165) is 0 Å². The fourth-order valence-corrected chi connectivity index (χ4v) is 1.62. The third-order valence-electron chi connectivity index (χ3n) is 3.12. The van der Waals surface area contributed by atoms with Gasteiger partial charge in [0, 0.05) is 28.7 Å². The number of ether oxygens (including phenoxy) is 1. The lowest BCUT2D eigenvalue weighted by molar-refractivity contribution is 0.0954. The molecule has 102 valence electrons. The third kappa shape index (κ3) is 3.51. The van der Waals surface area contributed by atoms with Gasteiger partial charge in [0.2, 0.25) is 0 Å². The van der Waals surface area contributed by atoms with Crippen molar-refractivity contribution in [2.24, 2.45) is 0 Å². The molecule has 1 aromatic carbocycles. The molecule has 1 rings (SSSR count). The molecular formula is C13H20ClNO3. The molecule has 1 atom stereocenters. The van der Waals surface area contributed by atoms with Crippen LogP contribution in [0.2, 0.25) is 5.02 Å². The molecule has 5 heteroatoms. The van der Waals surface area contributed by atoms with Crippen LogP contribution in [0.5, 0.6) is 11.5 Å². The molecule has 0 saturated carbocycles. The number of hydrogen-bond donors (Lipinski definition) is 3. The number of hydrogen-bond acceptors (Lipinski definition) is 4. The van der Waals surface area contributed by atoms with Crippen LogP contribution >= 0.6 is 11.6 Å². The van der Waals surface area contributed by atoms with Crippen LogP contribution in [0.1, 0.15) is 26.3 Å². The minimum atomic E-state index is -0.513. The molecule has 0 aromatic heterocycles. The lowest BCUT2D eigenvalue weighted by Gasteiger charge is -2.29. The average molecular weight is 274 g/mol. The van der Waals surface area contributed by atoms with Crippen molar-refractivity contribution < 1.29 is 14.9 Å². The Bertz CT molecular complexity index is 419. The minimum absolute atomic E-state index is 0.0655. The first-order valence-corrected chi connectivity index (χ1v) is 6.14. The molecule has 18 heavy (non-hydrogen) atoms. The highest BCUT2D eigenvalue weighted by atomic mass is 35.5. The first kappa shape index (κ1) is 15.1. The Hall–Kier alpha value is -0.970. The number of halogens is 1. The van der Waals surface area contributed by atoms with Crippen LogP contribution in [0.15, 0.2) is 12.1 Å². The Kier molecular flexibility index (Phi) is 4.85. The van der Waals surface area contributed by atoms with E-state index in [1.165, 1.54) is 7.11 Å². The van der Waals surface area contributed by atoms with Gasteiger partial charge in [-0.25, -0.2) is 0 Å². The van der Waals surface area contributed by atoms with E-state index in [-0.39, 0.29) is 5.75 Å². The van der Waals surface area contributed by atoms with E-state index in [0.29, 0.717) is 22.9 Å². The molecule has 0 fully saturated rings. The summed E-state index contributed by atoms with van der Waals surface area (Å²) in [4.78, 5) is 0. The summed E-state index contributed by atoms with van der Waals surface area (Å²) in [5, 5.41) is 23.2. The number of benzene rings is 1. The van der Waals surface area contributed by atoms with Crippen molar-refractivity contribution in [1.29, 1.82) is 0 Å². The first-order valence-electron chi connectivity index (χ1n) is 5.76. The fourth-order valence-electron chi connectivity index (χ4n) is 1.39. The monoisotopic (exact) mass is 273 g/mol. The quantitative estimate of drug-likeness (QED) is 0.770. The summed E-state index contributed by atoms with van der Waals surface area (Å²) in [5.41, 5.74) is 0.176. The van der Waals surface area contributed by atoms with Gasteiger partial charge in [0.15, 0.2) is 11.5 Å². The SMILES string of the molecule is COc1cc(Cl)cc(CNC(C)(C)C(C)O)c1O. The van der Waals surface area contributed by atoms with Crippen molar-refractivity contribution in [3.8, 4) is 11.5 Å². The van der Waals surface area contributed by atoms with Crippen molar-refractivity contribution in [3.05, 3.63) is 22.7 Å². The number of methoxy groups -OCH3 is 1. The van der Waals surface area contributed by atoms with E-state index in [4.69, 9.17) is 16.3 Å². The molecule has 0 aliphatic heterocycles. The maximum absolute atomic E-state index is 9.96. The molecule has 0 saturated heterocycles. The summed E-state index contributed by atoms with van der Waals surface area (Å²) in [5.74, 6) is 0.407. The van der Waals surface area contributed by atoms with Gasteiger partial charge in [-0.2, -0.15) is 0 Å². The number of phenols is 1. The smallest absolute Gasteiger partial charge is 0.162 e. The molecule has 4 nitrogen and oxygen atoms in total. The van der Waals surface area contributed by atoms with E-state index in [9.17, 15) is 10.2 Å². The van der Waals surface area contributed by atoms with E-state index in [2.05, 4.69) is 5.32 Å². The van der Waals surface area contributed by atoms with E-state index < -0.39 is 11.6 Å². The van der Waals surface area contributed by atoms with Crippen LogP contribution in [-0.4, -0.2) is 29.0 Å². The van der Waals surface area contributed by atoms with Gasteiger partial charge in [0.1, 0.15) is 0 Å². The van der Waals surface area contributed by atoms with Crippen molar-refractivity contribution in [2.45, 2.75) is 39.0 Å². The molecule has 0 aliphatic rings. The molecule has 0 spiro atoms. The second-order valence-electron chi connectivity index (χ2n) is 4.87. The topological polar surface area (TPSA) is 61.7 Å². The number of aliphatic hydroxyl groups excluding tert-OH is 1. The summed E-state index contributed by atoms with van der Waals surface area (Å²) in [6.07, 6.45) is -0.513. The van der Waals surface area contributed by atoms with Crippen molar-refractivity contribution in [3.63, 3.8) is 0 Å². The number of phenolic OH excluding ortho intramolecular Hbond substituents is 1. The van der Waals surface area contributed by atoms with Gasteiger partial charge < -0.3 is 20.3 Å². The van der Waals surface area contributed by atoms with Crippen LogP contribution < -0.4 is 10.1 Å². The highest BCUT2D eigenvalue weighted by molar-refractivity contribution is 6.30. The zero-order valence-corrected chi connectivity index (χ0v) is 11.9. The summed E-state index contributed by atoms with van der Waals surface area (Å²) < 4.78 is 5.03. The number of rotatable bonds is 5. The van der Waals surface area contributed by atoms with E-state index in [1.54, 1.807) is 19.1 Å². The number of aliphatic hydroxyl groups is 1. The largest absolute Gasteiger partial charge is 0.504 e. The van der Waals surface area contributed by atoms with Crippen LogP contribution in [0.25, 0.3) is 0 Å². The van der Waals surface area contributed by atoms with Crippen molar-refractivity contribution >= 4 is 11.6 Å². The molecule has 0 heterocycles. The van der Waals surface area contributed by atoms with Gasteiger partial charge in [-0.15, -0.1) is 0 Å². The van der Waals surface area contributed by atoms with Crippen LogP contribution in [0, 0.1) is 0 Å². The van der Waals surface area contributed by atoms with Crippen molar-refractivity contribution in [2.75, 3.05) is 7.11 Å². The maximum atomic E-state index is 9.96. The van der Waals surface area contributed by atoms with Crippen LogP contribution in [-0.2, 0) is 6.54 Å². The fraction of sp³-hybridized carbons (Fsp3) is 0.538. The third-order valence-corrected chi connectivity index (χ3v) is 3.34. The molecular weight excluding hydrogens is 254 g/mol. The molecule has 0 bridgehead atoms. The van der Waals surface area contributed by atoms with Gasteiger partial charge in [0.25, 0.3) is 0 Å². The van der Waals surface area contributed by atoms with Gasteiger partial charge in [0.05, 0.1) is 13.2 Å². The predicted octanol–water partition coefficient (Wildman–Crippen LogP) is 2.30. The summed E-state index contributed by atoms with van der Waals surface area (Å²) in [6, 6.07) is 3.23. The molecule has 1 aromatic rings. The molecule has 3 N–H and O–H groups in total. The Morgan fingerprint density at radius 1 is 1.44 bits per heavy atom. The normalized spacial score (nSPS) is 13.4. The predicted molar refractivity (Wildman–Crippen MR) is 72.3 cm³/mol. The Morgan fingerprint density at radius 2 is 2.06 bits per heavy atom. The molecule has 0 aliphatic carbocycles. The molecule has 0 amide bonds. The standard InChI is InChI=1S/C13H20ClNO3/c1-8(16)13(2,3)15-7-9-5-10(14)6-11(18-4)12(9)17/h5-6,8,15-17H,7H2,1-4H3. The Labute approximate surface area is 113 Å². The summed E-state index contributed by atoms with van der Waals surface area (Å²) >= 11 is 5.95. The minimum Gasteiger partial charge on any atom is -0.504 e. The van der Waals surface area contributed by atoms with Gasteiger partial charge in [-0.05, 0) is 26.8 Å². The molecule has 0 radical (unpaired) electrons. The maximum Gasteiger partial charge on any atom is 0.162 e. The zero-order valence-electron chi connectivity index (χ0n) is 11.1. The summed E-state index contributed by atoms with van der Waals surface area (Å²) in [6.45, 7) is 5.87. The lowest BCUT2D eigenvalue weighted by Crippen LogP contribution is -2.47. The zero-order chi connectivity index (χ0) is 13.9. The second kappa shape index (κ2) is 5.78. The molecule has 1 unspecified atom stereocenters. The average Bonchev–Trinajstić information content (AvgIpc) is 2.29. The lowest BCUT2D eigenvalue weighted by atomic mass is 9.98.